The van der Waals surface area contributed by atoms with E-state index >= 15 is 0 Å². The average molecular weight is 410 g/mol. The third-order valence-corrected chi connectivity index (χ3v) is 3.83. The minimum Gasteiger partial charge on any atom is -0.491 e. The topological polar surface area (TPSA) is 113 Å². The number of esters is 2. The monoisotopic (exact) mass is 410 g/mol. The number of hydrogen-bond donors (Lipinski definition) is 1. The third kappa shape index (κ3) is 9.77. The molecule has 9 nitrogen and oxygen atoms in total. The molecule has 0 unspecified atom stereocenters. The van der Waals surface area contributed by atoms with Crippen molar-refractivity contribution in [1.82, 2.24) is 10.3 Å². The molecule has 0 aliphatic heterocycles. The summed E-state index contributed by atoms with van der Waals surface area (Å²) in [6.45, 7) is 4.39. The molecule has 1 aromatic rings. The summed E-state index contributed by atoms with van der Waals surface area (Å²) in [5.74, 6) is -1.14. The van der Waals surface area contributed by atoms with E-state index in [-0.39, 0.29) is 23.7 Å². The van der Waals surface area contributed by atoms with Gasteiger partial charge in [0, 0.05) is 12.3 Å². The fraction of sp³-hybridized carbons (Fsp3) is 0.600. The maximum absolute atomic E-state index is 12.1. The number of carbonyl (C=O) groups excluding carboxylic acids is 3. The molecule has 9 heteroatoms. The van der Waals surface area contributed by atoms with E-state index in [0.29, 0.717) is 13.2 Å². The number of pyridine rings is 1. The Morgan fingerprint density at radius 1 is 1.00 bits per heavy atom. The molecule has 0 aromatic carbocycles. The van der Waals surface area contributed by atoms with Gasteiger partial charge in [0.2, 0.25) is 0 Å². The summed E-state index contributed by atoms with van der Waals surface area (Å²) in [5.41, 5.74) is 0.185. The van der Waals surface area contributed by atoms with Gasteiger partial charge in [0.1, 0.15) is 6.54 Å². The van der Waals surface area contributed by atoms with Crippen LogP contribution in [0.25, 0.3) is 0 Å². The molecule has 1 amide bonds. The van der Waals surface area contributed by atoms with Gasteiger partial charge in [-0.1, -0.05) is 39.5 Å². The summed E-state index contributed by atoms with van der Waals surface area (Å²) in [6, 6.07) is 1.38. The third-order valence-electron chi connectivity index (χ3n) is 3.83. The van der Waals surface area contributed by atoms with Crippen LogP contribution >= 0.6 is 0 Å². The van der Waals surface area contributed by atoms with E-state index in [4.69, 9.17) is 18.9 Å². The first-order valence-electron chi connectivity index (χ1n) is 9.84. The minimum atomic E-state index is -0.894. The normalized spacial score (nSPS) is 10.2. The van der Waals surface area contributed by atoms with Crippen molar-refractivity contribution in [3.8, 4) is 11.6 Å². The number of amides is 1. The van der Waals surface area contributed by atoms with Crippen LogP contribution in [-0.4, -0.2) is 49.9 Å². The fourth-order valence-corrected chi connectivity index (χ4v) is 2.19. The highest BCUT2D eigenvalue weighted by Crippen LogP contribution is 2.25. The molecule has 0 spiro atoms. The molecule has 1 aromatic heterocycles. The number of carbonyl (C=O) groups is 3. The molecular weight excluding hydrogens is 380 g/mol. The predicted octanol–water partition coefficient (Wildman–Crippen LogP) is 3.26. The van der Waals surface area contributed by atoms with Crippen LogP contribution in [0.2, 0.25) is 0 Å². The van der Waals surface area contributed by atoms with Gasteiger partial charge in [-0.3, -0.25) is 4.79 Å². The Morgan fingerprint density at radius 3 is 2.41 bits per heavy atom. The number of aromatic nitrogens is 1. The lowest BCUT2D eigenvalue weighted by atomic mass is 10.2. The zero-order valence-electron chi connectivity index (χ0n) is 17.3. The second-order valence-electron chi connectivity index (χ2n) is 6.25. The van der Waals surface area contributed by atoms with Gasteiger partial charge in [-0.05, 0) is 12.8 Å². The van der Waals surface area contributed by atoms with Gasteiger partial charge in [-0.15, -0.1) is 0 Å². The Morgan fingerprint density at radius 2 is 1.72 bits per heavy atom. The second kappa shape index (κ2) is 14.2. The van der Waals surface area contributed by atoms with Crippen LogP contribution in [0.15, 0.2) is 12.3 Å². The zero-order chi connectivity index (χ0) is 21.5. The molecular formula is C20H30N2O7. The molecule has 0 aliphatic carbocycles. The maximum atomic E-state index is 12.1. The number of nitrogens with one attached hydrogen (secondary N) is 1. The number of nitrogens with zero attached hydrogens (tertiary/aromatic N) is 1. The summed E-state index contributed by atoms with van der Waals surface area (Å²) < 4.78 is 20.3. The SMILES string of the molecule is CCCCCCOC(=O)c1cnc(OC(=O)NCC(=O)OCCCC)c(OC)c1. The van der Waals surface area contributed by atoms with Gasteiger partial charge >= 0.3 is 18.0 Å². The lowest BCUT2D eigenvalue weighted by Gasteiger charge is -2.10. The van der Waals surface area contributed by atoms with Crippen LogP contribution in [0.1, 0.15) is 62.7 Å². The van der Waals surface area contributed by atoms with E-state index in [1.807, 2.05) is 6.92 Å². The van der Waals surface area contributed by atoms with Crippen molar-refractivity contribution in [1.29, 1.82) is 0 Å². The molecule has 0 aliphatic rings. The number of hydrogen-bond acceptors (Lipinski definition) is 8. The highest BCUT2D eigenvalue weighted by Gasteiger charge is 2.17. The van der Waals surface area contributed by atoms with Gasteiger partial charge in [-0.25, -0.2) is 14.6 Å². The highest BCUT2D eigenvalue weighted by molar-refractivity contribution is 5.89. The van der Waals surface area contributed by atoms with Crippen molar-refractivity contribution in [2.75, 3.05) is 26.9 Å². The Kier molecular flexibility index (Phi) is 11.8. The van der Waals surface area contributed by atoms with E-state index in [1.165, 1.54) is 19.4 Å². The van der Waals surface area contributed by atoms with Crippen LogP contribution in [-0.2, 0) is 14.3 Å². The van der Waals surface area contributed by atoms with Crippen molar-refractivity contribution >= 4 is 18.0 Å². The smallest absolute Gasteiger partial charge is 0.414 e. The van der Waals surface area contributed by atoms with E-state index in [0.717, 1.165) is 38.5 Å². The minimum absolute atomic E-state index is 0.0890. The van der Waals surface area contributed by atoms with Crippen LogP contribution in [0.3, 0.4) is 0 Å². The van der Waals surface area contributed by atoms with Gasteiger partial charge in [-0.2, -0.15) is 0 Å². The predicted molar refractivity (Wildman–Crippen MR) is 105 cm³/mol. The van der Waals surface area contributed by atoms with Crippen molar-refractivity contribution in [2.24, 2.45) is 0 Å². The van der Waals surface area contributed by atoms with Crippen LogP contribution < -0.4 is 14.8 Å². The maximum Gasteiger partial charge on any atom is 0.414 e. The molecule has 1 N–H and O–H groups in total. The first-order valence-corrected chi connectivity index (χ1v) is 9.84. The van der Waals surface area contributed by atoms with Gasteiger partial charge < -0.3 is 24.3 Å². The van der Waals surface area contributed by atoms with Crippen LogP contribution in [0, 0.1) is 0 Å². The Balaban J connectivity index is 2.52. The Bertz CT molecular complexity index is 664. The molecule has 0 saturated heterocycles. The summed E-state index contributed by atoms with van der Waals surface area (Å²) in [5, 5.41) is 2.27. The van der Waals surface area contributed by atoms with Crippen molar-refractivity contribution < 1.29 is 33.3 Å². The lowest BCUT2D eigenvalue weighted by molar-refractivity contribution is -0.142. The van der Waals surface area contributed by atoms with Gasteiger partial charge in [0.05, 0.1) is 25.9 Å². The number of rotatable bonds is 13. The van der Waals surface area contributed by atoms with E-state index < -0.39 is 18.0 Å². The number of unbranched alkanes of at least 4 members (excludes halogenated alkanes) is 4. The quantitative estimate of drug-likeness (QED) is 0.389. The Hall–Kier alpha value is -2.84. The first-order chi connectivity index (χ1) is 14.0. The van der Waals surface area contributed by atoms with E-state index in [2.05, 4.69) is 17.2 Å². The standard InChI is InChI=1S/C20H30N2O7/c1-4-6-8-9-11-28-19(24)15-12-16(26-3)18(21-13-15)29-20(25)22-14-17(23)27-10-7-5-2/h12-13H,4-11,14H2,1-3H3,(H,22,25). The van der Waals surface area contributed by atoms with E-state index in [1.54, 1.807) is 0 Å². The van der Waals surface area contributed by atoms with Crippen LogP contribution in [0.4, 0.5) is 4.79 Å². The molecule has 1 rings (SSSR count). The summed E-state index contributed by atoms with van der Waals surface area (Å²) in [4.78, 5) is 39.3. The van der Waals surface area contributed by atoms with Gasteiger partial charge in [0.15, 0.2) is 5.75 Å². The zero-order valence-corrected chi connectivity index (χ0v) is 17.3. The average Bonchev–Trinajstić information content (AvgIpc) is 2.72. The molecule has 29 heavy (non-hydrogen) atoms. The molecule has 0 fully saturated rings. The fourth-order valence-electron chi connectivity index (χ4n) is 2.19. The first kappa shape index (κ1) is 24.2. The molecule has 162 valence electrons. The van der Waals surface area contributed by atoms with Crippen molar-refractivity contribution in [3.63, 3.8) is 0 Å². The molecule has 0 atom stereocenters. The van der Waals surface area contributed by atoms with Crippen molar-refractivity contribution in [3.05, 3.63) is 17.8 Å². The Labute approximate surface area is 171 Å². The van der Waals surface area contributed by atoms with Crippen LogP contribution in [0.5, 0.6) is 11.6 Å². The van der Waals surface area contributed by atoms with Crippen molar-refractivity contribution in [2.45, 2.75) is 52.4 Å². The summed E-state index contributed by atoms with van der Waals surface area (Å²) in [6.07, 6.45) is 5.99. The highest BCUT2D eigenvalue weighted by atomic mass is 16.6. The molecule has 0 bridgehead atoms. The second-order valence-corrected chi connectivity index (χ2v) is 6.25. The molecule has 1 heterocycles. The van der Waals surface area contributed by atoms with Gasteiger partial charge in [0.25, 0.3) is 5.88 Å². The molecule has 0 radical (unpaired) electrons. The summed E-state index contributed by atoms with van der Waals surface area (Å²) in [7, 11) is 1.35. The lowest BCUT2D eigenvalue weighted by Crippen LogP contribution is -2.33. The van der Waals surface area contributed by atoms with E-state index in [9.17, 15) is 14.4 Å². The largest absolute Gasteiger partial charge is 0.491 e. The summed E-state index contributed by atoms with van der Waals surface area (Å²) >= 11 is 0. The number of ether oxygens (including phenoxy) is 4. The molecule has 0 saturated carbocycles. The number of methoxy groups -OCH3 is 1.